The number of fused-ring (bicyclic) bond motifs is 1. The van der Waals surface area contributed by atoms with Crippen LogP contribution in [0.1, 0.15) is 39.4 Å². The molecule has 2 amide bonds. The zero-order valence-corrected chi connectivity index (χ0v) is 17.7. The third-order valence-corrected chi connectivity index (χ3v) is 4.96. The Balaban J connectivity index is 0.00000289. The highest BCUT2D eigenvalue weighted by molar-refractivity contribution is 7.59. The first-order valence-electron chi connectivity index (χ1n) is 9.28. The largest absolute Gasteiger partial charge is 0.416 e. The minimum atomic E-state index is -4.48. The van der Waals surface area contributed by atoms with Crippen molar-refractivity contribution in [2.45, 2.75) is 19.1 Å². The van der Waals surface area contributed by atoms with Crippen LogP contribution in [0.15, 0.2) is 54.7 Å². The van der Waals surface area contributed by atoms with Crippen molar-refractivity contribution in [1.29, 1.82) is 0 Å². The average molecular weight is 466 g/mol. The summed E-state index contributed by atoms with van der Waals surface area (Å²) < 4.78 is 53.0. The summed E-state index contributed by atoms with van der Waals surface area (Å²) in [5.41, 5.74) is -0.168. The Hall–Kier alpha value is -3.34. The van der Waals surface area contributed by atoms with Gasteiger partial charge in [0.05, 0.1) is 23.4 Å². The van der Waals surface area contributed by atoms with E-state index >= 15 is 0 Å². The van der Waals surface area contributed by atoms with Crippen LogP contribution in [0, 0.1) is 5.82 Å². The lowest BCUT2D eigenvalue weighted by atomic mass is 10.1. The van der Waals surface area contributed by atoms with E-state index in [-0.39, 0.29) is 43.0 Å². The molecule has 4 rings (SSSR count). The molecule has 2 heterocycles. The summed E-state index contributed by atoms with van der Waals surface area (Å²) in [6.45, 7) is 1.96. The predicted octanol–water partition coefficient (Wildman–Crippen LogP) is 4.63. The maximum atomic E-state index is 13.1. The van der Waals surface area contributed by atoms with Crippen LogP contribution in [0.5, 0.6) is 0 Å². The second-order valence-corrected chi connectivity index (χ2v) is 7.12. The van der Waals surface area contributed by atoms with Crippen molar-refractivity contribution in [2.75, 3.05) is 16.8 Å². The molecule has 1 aliphatic rings. The zero-order chi connectivity index (χ0) is 22.3. The SMILES string of the molecule is C[C@H]1CN(c2ccc(C(F)(F)F)cc2)C(=O)c2c(C(=O)Nc3ccc(F)cc3)cnn21.S. The third-order valence-electron chi connectivity index (χ3n) is 4.96. The van der Waals surface area contributed by atoms with Crippen LogP contribution in [0.25, 0.3) is 0 Å². The van der Waals surface area contributed by atoms with Crippen LogP contribution in [0.2, 0.25) is 0 Å². The molecule has 6 nitrogen and oxygen atoms in total. The molecule has 0 bridgehead atoms. The number of rotatable bonds is 3. The van der Waals surface area contributed by atoms with Crippen molar-refractivity contribution in [3.05, 3.63) is 77.4 Å². The number of benzene rings is 2. The van der Waals surface area contributed by atoms with Crippen LogP contribution < -0.4 is 10.2 Å². The van der Waals surface area contributed by atoms with Crippen molar-refractivity contribution in [3.8, 4) is 0 Å². The van der Waals surface area contributed by atoms with Gasteiger partial charge in [-0.05, 0) is 55.5 Å². The number of anilines is 2. The molecule has 168 valence electrons. The molecule has 1 aromatic heterocycles. The summed E-state index contributed by atoms with van der Waals surface area (Å²) in [7, 11) is 0. The number of amides is 2. The first-order chi connectivity index (χ1) is 14.6. The summed E-state index contributed by atoms with van der Waals surface area (Å²) >= 11 is 0. The Morgan fingerprint density at radius 2 is 1.72 bits per heavy atom. The summed E-state index contributed by atoms with van der Waals surface area (Å²) in [5, 5.41) is 6.72. The molecule has 0 fully saturated rings. The van der Waals surface area contributed by atoms with Gasteiger partial charge in [0.1, 0.15) is 11.5 Å². The van der Waals surface area contributed by atoms with E-state index in [4.69, 9.17) is 0 Å². The molecule has 0 saturated carbocycles. The zero-order valence-electron chi connectivity index (χ0n) is 16.7. The average Bonchev–Trinajstić information content (AvgIpc) is 3.18. The first kappa shape index (κ1) is 23.3. The lowest BCUT2D eigenvalue weighted by Gasteiger charge is -2.32. The number of nitrogens with one attached hydrogen (secondary N) is 1. The standard InChI is InChI=1S/C21H16F4N4O2.H2S/c1-12-11-28(16-8-2-13(3-9-16)21(23,24)25)20(31)18-17(10-26-29(12)18)19(30)27-15-6-4-14(22)5-7-15;/h2-10,12H,11H2,1H3,(H,27,30);1H2/t12-;/m0./s1. The number of halogens is 4. The number of hydrogen-bond donors (Lipinski definition) is 1. The monoisotopic (exact) mass is 466 g/mol. The van der Waals surface area contributed by atoms with E-state index in [0.717, 1.165) is 12.1 Å². The van der Waals surface area contributed by atoms with Gasteiger partial charge >= 0.3 is 6.18 Å². The van der Waals surface area contributed by atoms with E-state index in [2.05, 4.69) is 10.4 Å². The van der Waals surface area contributed by atoms with Gasteiger partial charge in [-0.3, -0.25) is 14.3 Å². The van der Waals surface area contributed by atoms with Crippen molar-refractivity contribution >= 4 is 36.7 Å². The minimum Gasteiger partial charge on any atom is -0.322 e. The van der Waals surface area contributed by atoms with Crippen LogP contribution in [0.3, 0.4) is 0 Å². The molecule has 1 N–H and O–H groups in total. The highest BCUT2D eigenvalue weighted by Gasteiger charge is 2.36. The molecule has 0 unspecified atom stereocenters. The van der Waals surface area contributed by atoms with Crippen LogP contribution >= 0.6 is 13.5 Å². The van der Waals surface area contributed by atoms with Gasteiger partial charge in [0.2, 0.25) is 0 Å². The number of hydrogen-bond acceptors (Lipinski definition) is 3. The van der Waals surface area contributed by atoms with Gasteiger partial charge in [0.25, 0.3) is 11.8 Å². The molecular formula is C21H18F4N4O2S. The molecule has 1 aliphatic heterocycles. The van der Waals surface area contributed by atoms with Gasteiger partial charge in [-0.1, -0.05) is 0 Å². The second kappa shape index (κ2) is 8.65. The van der Waals surface area contributed by atoms with Crippen LogP contribution in [0.4, 0.5) is 28.9 Å². The highest BCUT2D eigenvalue weighted by atomic mass is 32.1. The third kappa shape index (κ3) is 4.33. The van der Waals surface area contributed by atoms with Gasteiger partial charge in [-0.2, -0.15) is 31.8 Å². The number of carbonyl (C=O) groups excluding carboxylic acids is 2. The fourth-order valence-electron chi connectivity index (χ4n) is 3.41. The second-order valence-electron chi connectivity index (χ2n) is 7.12. The smallest absolute Gasteiger partial charge is 0.322 e. The van der Waals surface area contributed by atoms with E-state index in [1.54, 1.807) is 6.92 Å². The van der Waals surface area contributed by atoms with Gasteiger partial charge in [0.15, 0.2) is 0 Å². The number of aromatic nitrogens is 2. The quantitative estimate of drug-likeness (QED) is 0.573. The molecule has 3 aromatic rings. The van der Waals surface area contributed by atoms with E-state index in [1.165, 1.54) is 52.2 Å². The van der Waals surface area contributed by atoms with E-state index in [9.17, 15) is 27.2 Å². The summed E-state index contributed by atoms with van der Waals surface area (Å²) in [5.74, 6) is -1.63. The Morgan fingerprint density at radius 3 is 2.31 bits per heavy atom. The summed E-state index contributed by atoms with van der Waals surface area (Å²) in [4.78, 5) is 27.2. The van der Waals surface area contributed by atoms with Crippen molar-refractivity contribution in [1.82, 2.24) is 9.78 Å². The molecular weight excluding hydrogens is 448 g/mol. The number of carbonyl (C=O) groups is 2. The normalized spacial score (nSPS) is 15.7. The first-order valence-corrected chi connectivity index (χ1v) is 9.28. The molecule has 0 spiro atoms. The Labute approximate surface area is 187 Å². The van der Waals surface area contributed by atoms with Gasteiger partial charge in [0, 0.05) is 17.9 Å². The lowest BCUT2D eigenvalue weighted by Crippen LogP contribution is -2.43. The van der Waals surface area contributed by atoms with Gasteiger partial charge in [-0.15, -0.1) is 0 Å². The number of alkyl halides is 3. The molecule has 0 aliphatic carbocycles. The van der Waals surface area contributed by atoms with Crippen LogP contribution in [-0.2, 0) is 6.18 Å². The molecule has 11 heteroatoms. The van der Waals surface area contributed by atoms with E-state index in [1.807, 2.05) is 0 Å². The fourth-order valence-corrected chi connectivity index (χ4v) is 3.41. The Bertz CT molecular complexity index is 1140. The maximum Gasteiger partial charge on any atom is 0.416 e. The van der Waals surface area contributed by atoms with Crippen LogP contribution in [-0.4, -0.2) is 28.1 Å². The van der Waals surface area contributed by atoms with Crippen molar-refractivity contribution < 1.29 is 27.2 Å². The Kier molecular flexibility index (Phi) is 6.31. The Morgan fingerprint density at radius 1 is 1.09 bits per heavy atom. The van der Waals surface area contributed by atoms with E-state index in [0.29, 0.717) is 5.69 Å². The summed E-state index contributed by atoms with van der Waals surface area (Å²) in [6, 6.07) is 9.05. The summed E-state index contributed by atoms with van der Waals surface area (Å²) in [6.07, 6.45) is -3.22. The molecule has 32 heavy (non-hydrogen) atoms. The lowest BCUT2D eigenvalue weighted by molar-refractivity contribution is -0.137. The van der Waals surface area contributed by atoms with Gasteiger partial charge < -0.3 is 10.2 Å². The topological polar surface area (TPSA) is 67.2 Å². The molecule has 1 atom stereocenters. The molecule has 2 aromatic carbocycles. The van der Waals surface area contributed by atoms with Crippen molar-refractivity contribution in [3.63, 3.8) is 0 Å². The van der Waals surface area contributed by atoms with Gasteiger partial charge in [-0.25, -0.2) is 4.39 Å². The fraction of sp³-hybridized carbons (Fsp3) is 0.190. The minimum absolute atomic E-state index is 0. The highest BCUT2D eigenvalue weighted by Crippen LogP contribution is 2.33. The maximum absolute atomic E-state index is 13.1. The molecule has 0 radical (unpaired) electrons. The predicted molar refractivity (Wildman–Crippen MR) is 115 cm³/mol. The van der Waals surface area contributed by atoms with E-state index < -0.39 is 29.4 Å². The van der Waals surface area contributed by atoms with Crippen molar-refractivity contribution in [2.24, 2.45) is 0 Å². The molecule has 0 saturated heterocycles. The number of nitrogens with zero attached hydrogens (tertiary/aromatic N) is 3.